The predicted molar refractivity (Wildman–Crippen MR) is 88.6 cm³/mol. The van der Waals surface area contributed by atoms with Crippen LogP contribution in [-0.2, 0) is 19.1 Å². The van der Waals surface area contributed by atoms with Gasteiger partial charge in [-0.15, -0.1) is 0 Å². The highest BCUT2D eigenvalue weighted by Gasteiger charge is 2.29. The van der Waals surface area contributed by atoms with E-state index in [1.807, 2.05) is 13.8 Å². The molecule has 0 atom stereocenters. The van der Waals surface area contributed by atoms with Crippen molar-refractivity contribution in [3.05, 3.63) is 0 Å². The first-order valence-corrected chi connectivity index (χ1v) is 9.00. The molecule has 130 valence electrons. The Morgan fingerprint density at radius 3 is 1.59 bits per heavy atom. The van der Waals surface area contributed by atoms with Crippen LogP contribution in [0.2, 0.25) is 0 Å². The Morgan fingerprint density at radius 1 is 0.682 bits per heavy atom. The monoisotopic (exact) mass is 314 g/mol. The van der Waals surface area contributed by atoms with E-state index >= 15 is 0 Å². The van der Waals surface area contributed by atoms with Crippen molar-refractivity contribution in [3.8, 4) is 0 Å². The Bertz CT molecular complexity index is 267. The van der Waals surface area contributed by atoms with Crippen LogP contribution in [0.15, 0.2) is 0 Å². The first-order chi connectivity index (χ1) is 10.7. The van der Waals surface area contributed by atoms with Gasteiger partial charge in [0.05, 0.1) is 13.2 Å². The number of carbonyl (C=O) groups excluding carboxylic acids is 2. The van der Waals surface area contributed by atoms with Crippen LogP contribution in [0.3, 0.4) is 0 Å². The molecule has 0 N–H and O–H groups in total. The Hall–Kier alpha value is -1.06. The fourth-order valence-corrected chi connectivity index (χ4v) is 2.12. The molecule has 0 bridgehead atoms. The van der Waals surface area contributed by atoms with E-state index in [0.29, 0.717) is 19.6 Å². The number of hydrogen-bond acceptors (Lipinski definition) is 4. The summed E-state index contributed by atoms with van der Waals surface area (Å²) in [6.45, 7) is 7.03. The van der Waals surface area contributed by atoms with Gasteiger partial charge in [-0.1, -0.05) is 65.7 Å². The lowest BCUT2D eigenvalue weighted by molar-refractivity contribution is -0.162. The van der Waals surface area contributed by atoms with Gasteiger partial charge in [-0.2, -0.15) is 0 Å². The lowest BCUT2D eigenvalue weighted by Crippen LogP contribution is -2.28. The van der Waals surface area contributed by atoms with Crippen LogP contribution in [0.5, 0.6) is 0 Å². The fraction of sp³-hybridized carbons (Fsp3) is 0.889. The zero-order chi connectivity index (χ0) is 16.6. The minimum Gasteiger partial charge on any atom is -0.465 e. The summed E-state index contributed by atoms with van der Waals surface area (Å²) in [5.41, 5.74) is 0. The summed E-state index contributed by atoms with van der Waals surface area (Å²) in [4.78, 5) is 24.2. The van der Waals surface area contributed by atoms with Crippen LogP contribution < -0.4 is 0 Å². The van der Waals surface area contributed by atoms with Crippen molar-refractivity contribution in [1.29, 1.82) is 0 Å². The van der Waals surface area contributed by atoms with Crippen LogP contribution in [0.1, 0.15) is 85.0 Å². The molecule has 0 aromatic carbocycles. The minimum absolute atomic E-state index is 0.393. The van der Waals surface area contributed by atoms with E-state index in [4.69, 9.17) is 9.47 Å². The number of rotatable bonds is 14. The normalized spacial score (nSPS) is 10.7. The summed E-state index contributed by atoms with van der Waals surface area (Å²) in [7, 11) is 0. The summed E-state index contributed by atoms with van der Waals surface area (Å²) in [5.74, 6) is -1.56. The van der Waals surface area contributed by atoms with Gasteiger partial charge in [0.15, 0.2) is 5.92 Å². The van der Waals surface area contributed by atoms with E-state index in [0.717, 1.165) is 44.9 Å². The van der Waals surface area contributed by atoms with E-state index in [1.165, 1.54) is 12.8 Å². The molecule has 0 aliphatic heterocycles. The molecule has 4 heteroatoms. The molecule has 0 aliphatic rings. The van der Waals surface area contributed by atoms with Gasteiger partial charge in [-0.3, -0.25) is 9.59 Å². The number of esters is 2. The summed E-state index contributed by atoms with van der Waals surface area (Å²) >= 11 is 0. The molecule has 0 fully saturated rings. The quantitative estimate of drug-likeness (QED) is 0.266. The number of carbonyl (C=O) groups is 2. The SMILES string of the molecule is CCCCCCCC(C(=O)OCCCC)C(=O)OCCCC. The summed E-state index contributed by atoms with van der Waals surface area (Å²) in [6.07, 6.45) is 9.60. The third kappa shape index (κ3) is 10.6. The molecule has 0 aromatic heterocycles. The van der Waals surface area contributed by atoms with Gasteiger partial charge in [0, 0.05) is 0 Å². The van der Waals surface area contributed by atoms with Gasteiger partial charge in [-0.05, 0) is 19.3 Å². The van der Waals surface area contributed by atoms with Gasteiger partial charge < -0.3 is 9.47 Å². The molecule has 0 aromatic rings. The molecule has 4 nitrogen and oxygen atoms in total. The maximum atomic E-state index is 12.1. The molecule has 0 rings (SSSR count). The second-order valence-corrected chi connectivity index (χ2v) is 5.80. The second kappa shape index (κ2) is 14.9. The summed E-state index contributed by atoms with van der Waals surface area (Å²) in [6, 6.07) is 0. The van der Waals surface area contributed by atoms with E-state index in [-0.39, 0.29) is 0 Å². The van der Waals surface area contributed by atoms with Crippen molar-refractivity contribution in [1.82, 2.24) is 0 Å². The van der Waals surface area contributed by atoms with E-state index < -0.39 is 17.9 Å². The Labute approximate surface area is 135 Å². The lowest BCUT2D eigenvalue weighted by atomic mass is 10.0. The molecule has 0 saturated carbocycles. The van der Waals surface area contributed by atoms with Gasteiger partial charge in [0.25, 0.3) is 0 Å². The Balaban J connectivity index is 4.28. The largest absolute Gasteiger partial charge is 0.465 e. The fourth-order valence-electron chi connectivity index (χ4n) is 2.12. The zero-order valence-corrected chi connectivity index (χ0v) is 14.7. The van der Waals surface area contributed by atoms with Gasteiger partial charge in [0.1, 0.15) is 0 Å². The van der Waals surface area contributed by atoms with Gasteiger partial charge in [0.2, 0.25) is 0 Å². The average Bonchev–Trinajstić information content (AvgIpc) is 2.51. The summed E-state index contributed by atoms with van der Waals surface area (Å²) < 4.78 is 10.4. The first-order valence-electron chi connectivity index (χ1n) is 9.00. The molecule has 0 aliphatic carbocycles. The molecule has 0 saturated heterocycles. The van der Waals surface area contributed by atoms with Gasteiger partial charge in [-0.25, -0.2) is 0 Å². The highest BCUT2D eigenvalue weighted by atomic mass is 16.6. The lowest BCUT2D eigenvalue weighted by Gasteiger charge is -2.15. The topological polar surface area (TPSA) is 52.6 Å². The van der Waals surface area contributed by atoms with Crippen molar-refractivity contribution in [2.45, 2.75) is 85.0 Å². The summed E-state index contributed by atoms with van der Waals surface area (Å²) in [5, 5.41) is 0. The van der Waals surface area contributed by atoms with E-state index in [1.54, 1.807) is 0 Å². The van der Waals surface area contributed by atoms with Crippen LogP contribution in [0.4, 0.5) is 0 Å². The maximum Gasteiger partial charge on any atom is 0.320 e. The zero-order valence-electron chi connectivity index (χ0n) is 14.7. The van der Waals surface area contributed by atoms with E-state index in [2.05, 4.69) is 6.92 Å². The average molecular weight is 314 g/mol. The first kappa shape index (κ1) is 20.9. The number of hydrogen-bond donors (Lipinski definition) is 0. The third-order valence-electron chi connectivity index (χ3n) is 3.65. The molecular weight excluding hydrogens is 280 g/mol. The standard InChI is InChI=1S/C18H34O4/c1-4-7-10-11-12-13-16(17(19)21-14-8-5-2)18(20)22-15-9-6-3/h16H,4-15H2,1-3H3. The highest BCUT2D eigenvalue weighted by molar-refractivity contribution is 5.94. The maximum absolute atomic E-state index is 12.1. The Morgan fingerprint density at radius 2 is 1.14 bits per heavy atom. The molecular formula is C18H34O4. The molecule has 0 unspecified atom stereocenters. The highest BCUT2D eigenvalue weighted by Crippen LogP contribution is 2.16. The van der Waals surface area contributed by atoms with Crippen LogP contribution in [0.25, 0.3) is 0 Å². The molecule has 22 heavy (non-hydrogen) atoms. The van der Waals surface area contributed by atoms with E-state index in [9.17, 15) is 9.59 Å². The number of unbranched alkanes of at least 4 members (excludes halogenated alkanes) is 6. The van der Waals surface area contributed by atoms with Crippen LogP contribution >= 0.6 is 0 Å². The molecule has 0 amide bonds. The third-order valence-corrected chi connectivity index (χ3v) is 3.65. The van der Waals surface area contributed by atoms with Gasteiger partial charge >= 0.3 is 11.9 Å². The smallest absolute Gasteiger partial charge is 0.320 e. The molecule has 0 radical (unpaired) electrons. The molecule has 0 heterocycles. The molecule has 0 spiro atoms. The van der Waals surface area contributed by atoms with Crippen molar-refractivity contribution >= 4 is 11.9 Å². The number of ether oxygens (including phenoxy) is 2. The Kier molecular flexibility index (Phi) is 14.1. The van der Waals surface area contributed by atoms with Crippen molar-refractivity contribution in [2.24, 2.45) is 5.92 Å². The van der Waals surface area contributed by atoms with Crippen molar-refractivity contribution in [2.75, 3.05) is 13.2 Å². The van der Waals surface area contributed by atoms with Crippen LogP contribution in [-0.4, -0.2) is 25.2 Å². The predicted octanol–water partition coefficient (Wildman–Crippen LogP) is 4.65. The van der Waals surface area contributed by atoms with Crippen molar-refractivity contribution in [3.63, 3.8) is 0 Å². The minimum atomic E-state index is -0.740. The second-order valence-electron chi connectivity index (χ2n) is 5.80. The van der Waals surface area contributed by atoms with Crippen molar-refractivity contribution < 1.29 is 19.1 Å². The van der Waals surface area contributed by atoms with Crippen LogP contribution in [0, 0.1) is 5.92 Å².